The molecule has 1 heterocycles. The normalized spacial score (nSPS) is 20.6. The van der Waals surface area contributed by atoms with Gasteiger partial charge in [0.25, 0.3) is 0 Å². The van der Waals surface area contributed by atoms with Crippen LogP contribution in [-0.4, -0.2) is 42.4 Å². The lowest BCUT2D eigenvalue weighted by atomic mass is 10.0. The van der Waals surface area contributed by atoms with E-state index in [1.54, 1.807) is 11.9 Å². The number of likely N-dealkylation sites (N-methyl/N-ethyl adjacent to an activating group) is 1. The quantitative estimate of drug-likeness (QED) is 0.829. The molecule has 0 aliphatic carbocycles. The zero-order valence-corrected chi connectivity index (χ0v) is 11.7. The minimum absolute atomic E-state index is 0.00650. The van der Waals surface area contributed by atoms with Gasteiger partial charge in [-0.15, -0.1) is 0 Å². The molecule has 0 bridgehead atoms. The molecule has 0 radical (unpaired) electrons. The van der Waals surface area contributed by atoms with E-state index in [9.17, 15) is 9.59 Å². The van der Waals surface area contributed by atoms with Crippen LogP contribution < -0.4 is 11.1 Å². The smallest absolute Gasteiger partial charge is 0.237 e. The fraction of sp³-hybridized carbons (Fsp3) is 0.467. The standard InChI is InChI=1S/C15H21N3O2/c1-18-10-12(7-8-14(18)19)17-15(20)13(16)9-11-5-3-2-4-6-11/h2-6,12-13H,7-10,16H2,1H3,(H,17,20)/t12?,13-/m0/s1. The summed E-state index contributed by atoms with van der Waals surface area (Å²) in [6, 6.07) is 9.17. The number of nitrogens with one attached hydrogen (secondary N) is 1. The Morgan fingerprint density at radius 2 is 2.15 bits per heavy atom. The number of nitrogens with zero attached hydrogens (tertiary/aromatic N) is 1. The Hall–Kier alpha value is -1.88. The van der Waals surface area contributed by atoms with Crippen molar-refractivity contribution in [1.82, 2.24) is 10.2 Å². The monoisotopic (exact) mass is 275 g/mol. The Kier molecular flexibility index (Phi) is 4.74. The van der Waals surface area contributed by atoms with Crippen molar-refractivity contribution < 1.29 is 9.59 Å². The van der Waals surface area contributed by atoms with Gasteiger partial charge in [-0.25, -0.2) is 0 Å². The van der Waals surface area contributed by atoms with Crippen LogP contribution in [0.15, 0.2) is 30.3 Å². The summed E-state index contributed by atoms with van der Waals surface area (Å²) in [6.45, 7) is 0.558. The van der Waals surface area contributed by atoms with Crippen LogP contribution in [0, 0.1) is 0 Å². The van der Waals surface area contributed by atoms with E-state index in [1.807, 2.05) is 30.3 Å². The summed E-state index contributed by atoms with van der Waals surface area (Å²) in [7, 11) is 1.75. The highest BCUT2D eigenvalue weighted by atomic mass is 16.2. The van der Waals surface area contributed by atoms with E-state index in [-0.39, 0.29) is 17.9 Å². The van der Waals surface area contributed by atoms with Gasteiger partial charge in [0, 0.05) is 26.1 Å². The van der Waals surface area contributed by atoms with Gasteiger partial charge in [0.1, 0.15) is 0 Å². The second-order valence-corrected chi connectivity index (χ2v) is 5.31. The van der Waals surface area contributed by atoms with E-state index in [0.717, 1.165) is 5.56 Å². The molecular formula is C15H21N3O2. The largest absolute Gasteiger partial charge is 0.350 e. The van der Waals surface area contributed by atoms with Gasteiger partial charge in [-0.3, -0.25) is 9.59 Å². The summed E-state index contributed by atoms with van der Waals surface area (Å²) in [5.41, 5.74) is 6.98. The van der Waals surface area contributed by atoms with Crippen LogP contribution in [0.5, 0.6) is 0 Å². The molecule has 2 atom stereocenters. The molecule has 1 fully saturated rings. The number of hydrogen-bond donors (Lipinski definition) is 2. The predicted molar refractivity (Wildman–Crippen MR) is 76.9 cm³/mol. The van der Waals surface area contributed by atoms with Gasteiger partial charge in [-0.05, 0) is 18.4 Å². The number of hydrogen-bond acceptors (Lipinski definition) is 3. The number of amides is 2. The number of rotatable bonds is 4. The van der Waals surface area contributed by atoms with Crippen LogP contribution in [-0.2, 0) is 16.0 Å². The van der Waals surface area contributed by atoms with E-state index in [2.05, 4.69) is 5.32 Å². The number of benzene rings is 1. The van der Waals surface area contributed by atoms with Crippen molar-refractivity contribution in [1.29, 1.82) is 0 Å². The van der Waals surface area contributed by atoms with Crippen LogP contribution in [0.1, 0.15) is 18.4 Å². The van der Waals surface area contributed by atoms with Crippen molar-refractivity contribution in [2.24, 2.45) is 5.73 Å². The predicted octanol–water partition coefficient (Wildman–Crippen LogP) is 0.293. The van der Waals surface area contributed by atoms with E-state index in [1.165, 1.54) is 0 Å². The van der Waals surface area contributed by atoms with Crippen molar-refractivity contribution >= 4 is 11.8 Å². The summed E-state index contributed by atoms with van der Waals surface area (Å²) in [5, 5.41) is 2.93. The first-order valence-corrected chi connectivity index (χ1v) is 6.90. The topological polar surface area (TPSA) is 75.4 Å². The summed E-state index contributed by atoms with van der Waals surface area (Å²) >= 11 is 0. The zero-order chi connectivity index (χ0) is 14.5. The van der Waals surface area contributed by atoms with Gasteiger partial charge in [-0.2, -0.15) is 0 Å². The molecule has 20 heavy (non-hydrogen) atoms. The maximum absolute atomic E-state index is 12.1. The van der Waals surface area contributed by atoms with Gasteiger partial charge < -0.3 is 16.0 Å². The first-order valence-electron chi connectivity index (χ1n) is 6.90. The molecule has 2 rings (SSSR count). The van der Waals surface area contributed by atoms with Gasteiger partial charge >= 0.3 is 0 Å². The highest BCUT2D eigenvalue weighted by Crippen LogP contribution is 2.10. The number of likely N-dealkylation sites (tertiary alicyclic amines) is 1. The van der Waals surface area contributed by atoms with Crippen LogP contribution >= 0.6 is 0 Å². The van der Waals surface area contributed by atoms with Crippen molar-refractivity contribution in [3.05, 3.63) is 35.9 Å². The molecule has 5 nitrogen and oxygen atoms in total. The van der Waals surface area contributed by atoms with Crippen LogP contribution in [0.25, 0.3) is 0 Å². The molecule has 2 amide bonds. The molecule has 0 saturated carbocycles. The summed E-state index contributed by atoms with van der Waals surface area (Å²) in [4.78, 5) is 25.1. The highest BCUT2D eigenvalue weighted by Gasteiger charge is 2.25. The maximum Gasteiger partial charge on any atom is 0.237 e. The van der Waals surface area contributed by atoms with Crippen LogP contribution in [0.3, 0.4) is 0 Å². The fourth-order valence-electron chi connectivity index (χ4n) is 2.40. The lowest BCUT2D eigenvalue weighted by Crippen LogP contribution is -2.52. The SMILES string of the molecule is CN1CC(NC(=O)[C@@H](N)Cc2ccccc2)CCC1=O. The molecule has 1 aromatic rings. The Labute approximate surface area is 119 Å². The summed E-state index contributed by atoms with van der Waals surface area (Å²) in [5.74, 6) is -0.0225. The van der Waals surface area contributed by atoms with Crippen LogP contribution in [0.4, 0.5) is 0 Å². The third-order valence-corrected chi connectivity index (χ3v) is 3.61. The van der Waals surface area contributed by atoms with Gasteiger partial charge in [0.15, 0.2) is 0 Å². The molecule has 1 aliphatic heterocycles. The molecular weight excluding hydrogens is 254 g/mol. The molecule has 1 aromatic carbocycles. The molecule has 108 valence electrons. The lowest BCUT2D eigenvalue weighted by molar-refractivity contribution is -0.134. The second-order valence-electron chi connectivity index (χ2n) is 5.31. The number of carbonyl (C=O) groups is 2. The van der Waals surface area contributed by atoms with Gasteiger partial charge in [0.2, 0.25) is 11.8 Å². The average molecular weight is 275 g/mol. The molecule has 0 spiro atoms. The number of piperidine rings is 1. The van der Waals surface area contributed by atoms with Crippen molar-refractivity contribution in [3.63, 3.8) is 0 Å². The first-order chi connectivity index (χ1) is 9.56. The van der Waals surface area contributed by atoms with Crippen molar-refractivity contribution in [2.75, 3.05) is 13.6 Å². The van der Waals surface area contributed by atoms with Crippen molar-refractivity contribution in [2.45, 2.75) is 31.3 Å². The minimum atomic E-state index is -0.555. The Morgan fingerprint density at radius 3 is 2.80 bits per heavy atom. The molecule has 1 aliphatic rings. The summed E-state index contributed by atoms with van der Waals surface area (Å²) in [6.07, 6.45) is 1.69. The molecule has 3 N–H and O–H groups in total. The minimum Gasteiger partial charge on any atom is -0.350 e. The maximum atomic E-state index is 12.1. The lowest BCUT2D eigenvalue weighted by Gasteiger charge is -2.30. The van der Waals surface area contributed by atoms with Crippen molar-refractivity contribution in [3.8, 4) is 0 Å². The number of nitrogens with two attached hydrogens (primary N) is 1. The van der Waals surface area contributed by atoms with E-state index >= 15 is 0 Å². The molecule has 5 heteroatoms. The third kappa shape index (κ3) is 3.81. The van der Waals surface area contributed by atoms with E-state index in [4.69, 9.17) is 5.73 Å². The molecule has 1 saturated heterocycles. The summed E-state index contributed by atoms with van der Waals surface area (Å²) < 4.78 is 0. The fourth-order valence-corrected chi connectivity index (χ4v) is 2.40. The van der Waals surface area contributed by atoms with E-state index in [0.29, 0.717) is 25.8 Å². The van der Waals surface area contributed by atoms with Gasteiger partial charge in [0.05, 0.1) is 6.04 Å². The Morgan fingerprint density at radius 1 is 1.45 bits per heavy atom. The van der Waals surface area contributed by atoms with Crippen LogP contribution in [0.2, 0.25) is 0 Å². The molecule has 0 aromatic heterocycles. The van der Waals surface area contributed by atoms with E-state index < -0.39 is 6.04 Å². The molecule has 1 unspecified atom stereocenters. The Balaban J connectivity index is 1.84. The third-order valence-electron chi connectivity index (χ3n) is 3.61. The highest BCUT2D eigenvalue weighted by molar-refractivity contribution is 5.83. The average Bonchev–Trinajstić information content (AvgIpc) is 2.44. The zero-order valence-electron chi connectivity index (χ0n) is 11.7. The second kappa shape index (κ2) is 6.52. The van der Waals surface area contributed by atoms with Gasteiger partial charge in [-0.1, -0.05) is 30.3 Å². The first kappa shape index (κ1) is 14.5. The number of carbonyl (C=O) groups excluding carboxylic acids is 2. The Bertz CT molecular complexity index is 475.